The highest BCUT2D eigenvalue weighted by atomic mass is 16.5. The Hall–Kier alpha value is -2.29. The van der Waals surface area contributed by atoms with Crippen LogP contribution in [-0.4, -0.2) is 16.7 Å². The summed E-state index contributed by atoms with van der Waals surface area (Å²) < 4.78 is 5.96. The van der Waals surface area contributed by atoms with Gasteiger partial charge in [-0.1, -0.05) is 30.3 Å². The number of carboxylic acids is 1. The monoisotopic (exact) mass is 270 g/mol. The van der Waals surface area contributed by atoms with Crippen molar-refractivity contribution in [1.82, 2.24) is 0 Å². The SMILES string of the molecule is CC(C)(Cc1cccc(C(=O)O)c1)Oc1ccccc1. The first-order valence-corrected chi connectivity index (χ1v) is 6.53. The second kappa shape index (κ2) is 5.78. The van der Waals surface area contributed by atoms with Crippen molar-refractivity contribution in [3.05, 3.63) is 65.7 Å². The maximum atomic E-state index is 11.0. The third kappa shape index (κ3) is 3.85. The Bertz CT molecular complexity index is 588. The molecule has 0 radical (unpaired) electrons. The van der Waals surface area contributed by atoms with Gasteiger partial charge in [-0.2, -0.15) is 0 Å². The molecule has 20 heavy (non-hydrogen) atoms. The first kappa shape index (κ1) is 14.1. The van der Waals surface area contributed by atoms with Gasteiger partial charge >= 0.3 is 5.97 Å². The summed E-state index contributed by atoms with van der Waals surface area (Å²) in [7, 11) is 0. The van der Waals surface area contributed by atoms with E-state index in [1.165, 1.54) is 0 Å². The Morgan fingerprint density at radius 2 is 1.80 bits per heavy atom. The Kier molecular flexibility index (Phi) is 4.08. The minimum Gasteiger partial charge on any atom is -0.488 e. The van der Waals surface area contributed by atoms with E-state index in [2.05, 4.69) is 0 Å². The summed E-state index contributed by atoms with van der Waals surface area (Å²) in [5.74, 6) is -0.0967. The van der Waals surface area contributed by atoms with Crippen LogP contribution in [0.3, 0.4) is 0 Å². The molecule has 3 nitrogen and oxygen atoms in total. The molecule has 0 amide bonds. The average Bonchev–Trinajstić information content (AvgIpc) is 2.39. The maximum Gasteiger partial charge on any atom is 0.335 e. The van der Waals surface area contributed by atoms with Crippen molar-refractivity contribution in [2.24, 2.45) is 0 Å². The van der Waals surface area contributed by atoms with E-state index in [9.17, 15) is 4.79 Å². The fourth-order valence-corrected chi connectivity index (χ4v) is 2.15. The number of carbonyl (C=O) groups is 1. The second-order valence-corrected chi connectivity index (χ2v) is 5.36. The van der Waals surface area contributed by atoms with Gasteiger partial charge in [0.05, 0.1) is 5.56 Å². The summed E-state index contributed by atoms with van der Waals surface area (Å²) >= 11 is 0. The first-order chi connectivity index (χ1) is 9.46. The smallest absolute Gasteiger partial charge is 0.335 e. The first-order valence-electron chi connectivity index (χ1n) is 6.53. The van der Waals surface area contributed by atoms with Crippen LogP contribution < -0.4 is 4.74 Å². The number of hydrogen-bond donors (Lipinski definition) is 1. The molecule has 0 saturated heterocycles. The third-order valence-electron chi connectivity index (χ3n) is 2.94. The van der Waals surface area contributed by atoms with Crippen molar-refractivity contribution in [3.63, 3.8) is 0 Å². The van der Waals surface area contributed by atoms with Gasteiger partial charge < -0.3 is 9.84 Å². The van der Waals surface area contributed by atoms with Crippen molar-refractivity contribution in [2.75, 3.05) is 0 Å². The van der Waals surface area contributed by atoms with Gasteiger partial charge in [0, 0.05) is 6.42 Å². The molecule has 0 spiro atoms. The molecule has 2 aromatic carbocycles. The third-order valence-corrected chi connectivity index (χ3v) is 2.94. The zero-order valence-electron chi connectivity index (χ0n) is 11.7. The van der Waals surface area contributed by atoms with Gasteiger partial charge in [-0.3, -0.25) is 0 Å². The van der Waals surface area contributed by atoms with E-state index >= 15 is 0 Å². The fraction of sp³-hybridized carbons (Fsp3) is 0.235. The van der Waals surface area contributed by atoms with Gasteiger partial charge in [-0.15, -0.1) is 0 Å². The molecule has 0 bridgehead atoms. The minimum absolute atomic E-state index is 0.304. The normalized spacial score (nSPS) is 11.1. The molecule has 0 heterocycles. The molecule has 0 atom stereocenters. The van der Waals surface area contributed by atoms with Crippen molar-refractivity contribution in [2.45, 2.75) is 25.9 Å². The predicted molar refractivity (Wildman–Crippen MR) is 78.3 cm³/mol. The quantitative estimate of drug-likeness (QED) is 0.899. The van der Waals surface area contributed by atoms with E-state index in [-0.39, 0.29) is 0 Å². The second-order valence-electron chi connectivity index (χ2n) is 5.36. The van der Waals surface area contributed by atoms with E-state index in [4.69, 9.17) is 9.84 Å². The highest BCUT2D eigenvalue weighted by molar-refractivity contribution is 5.87. The lowest BCUT2D eigenvalue weighted by molar-refractivity contribution is 0.0696. The number of para-hydroxylation sites is 1. The molecule has 0 aliphatic heterocycles. The lowest BCUT2D eigenvalue weighted by Gasteiger charge is -2.26. The number of ether oxygens (including phenoxy) is 1. The summed E-state index contributed by atoms with van der Waals surface area (Å²) in [5, 5.41) is 9.01. The summed E-state index contributed by atoms with van der Waals surface area (Å²) in [6.07, 6.45) is 0.642. The Labute approximate surface area is 118 Å². The van der Waals surface area contributed by atoms with Gasteiger partial charge in [0.25, 0.3) is 0 Å². The molecule has 2 aromatic rings. The molecule has 0 unspecified atom stereocenters. The predicted octanol–water partition coefficient (Wildman–Crippen LogP) is 3.78. The molecular formula is C17H18O3. The maximum absolute atomic E-state index is 11.0. The van der Waals surface area contributed by atoms with E-state index in [0.717, 1.165) is 11.3 Å². The molecule has 1 N–H and O–H groups in total. The molecule has 0 aliphatic carbocycles. The van der Waals surface area contributed by atoms with Crippen LogP contribution in [0.5, 0.6) is 5.75 Å². The lowest BCUT2D eigenvalue weighted by Crippen LogP contribution is -2.31. The molecule has 0 aromatic heterocycles. The fourth-order valence-electron chi connectivity index (χ4n) is 2.15. The topological polar surface area (TPSA) is 46.5 Å². The molecular weight excluding hydrogens is 252 g/mol. The van der Waals surface area contributed by atoms with E-state index in [0.29, 0.717) is 12.0 Å². The number of aromatic carboxylic acids is 1. The molecule has 104 valence electrons. The van der Waals surface area contributed by atoms with E-state index < -0.39 is 11.6 Å². The van der Waals surface area contributed by atoms with Crippen LogP contribution in [0, 0.1) is 0 Å². The highest BCUT2D eigenvalue weighted by Gasteiger charge is 2.21. The number of benzene rings is 2. The van der Waals surface area contributed by atoms with Crippen LogP contribution in [0.25, 0.3) is 0 Å². The summed E-state index contributed by atoms with van der Waals surface area (Å²) in [4.78, 5) is 11.0. The molecule has 2 rings (SSSR count). The van der Waals surface area contributed by atoms with Crippen molar-refractivity contribution in [3.8, 4) is 5.75 Å². The average molecular weight is 270 g/mol. The highest BCUT2D eigenvalue weighted by Crippen LogP contribution is 2.22. The van der Waals surface area contributed by atoms with Crippen LogP contribution >= 0.6 is 0 Å². The molecule has 0 fully saturated rings. The number of carboxylic acid groups (broad SMARTS) is 1. The van der Waals surface area contributed by atoms with Gasteiger partial charge in [-0.25, -0.2) is 4.79 Å². The standard InChI is InChI=1S/C17H18O3/c1-17(2,20-15-9-4-3-5-10-15)12-13-7-6-8-14(11-13)16(18)19/h3-11H,12H2,1-2H3,(H,18,19). The van der Waals surface area contributed by atoms with Crippen molar-refractivity contribution < 1.29 is 14.6 Å². The van der Waals surface area contributed by atoms with Crippen LogP contribution in [-0.2, 0) is 6.42 Å². The lowest BCUT2D eigenvalue weighted by atomic mass is 9.97. The van der Waals surface area contributed by atoms with Gasteiger partial charge in [0.2, 0.25) is 0 Å². The Morgan fingerprint density at radius 1 is 1.10 bits per heavy atom. The van der Waals surface area contributed by atoms with Gasteiger partial charge in [-0.05, 0) is 43.7 Å². The molecule has 0 saturated carbocycles. The largest absolute Gasteiger partial charge is 0.488 e. The number of hydrogen-bond acceptors (Lipinski definition) is 2. The molecule has 0 aliphatic rings. The van der Waals surface area contributed by atoms with Crippen LogP contribution in [0.15, 0.2) is 54.6 Å². The summed E-state index contributed by atoms with van der Waals surface area (Å²) in [5.41, 5.74) is 0.849. The van der Waals surface area contributed by atoms with Gasteiger partial charge in [0.1, 0.15) is 11.4 Å². The minimum atomic E-state index is -0.909. The zero-order valence-corrected chi connectivity index (χ0v) is 11.7. The van der Waals surface area contributed by atoms with Crippen molar-refractivity contribution in [1.29, 1.82) is 0 Å². The van der Waals surface area contributed by atoms with Crippen molar-refractivity contribution >= 4 is 5.97 Å². The summed E-state index contributed by atoms with van der Waals surface area (Å²) in [6, 6.07) is 16.6. The van der Waals surface area contributed by atoms with Crippen LogP contribution in [0.1, 0.15) is 29.8 Å². The Morgan fingerprint density at radius 3 is 2.45 bits per heavy atom. The molecule has 3 heteroatoms. The van der Waals surface area contributed by atoms with E-state index in [1.54, 1.807) is 18.2 Å². The zero-order chi connectivity index (χ0) is 14.6. The summed E-state index contributed by atoms with van der Waals surface area (Å²) in [6.45, 7) is 3.99. The van der Waals surface area contributed by atoms with Crippen LogP contribution in [0.4, 0.5) is 0 Å². The van der Waals surface area contributed by atoms with E-state index in [1.807, 2.05) is 50.2 Å². The van der Waals surface area contributed by atoms with Gasteiger partial charge in [0.15, 0.2) is 0 Å². The van der Waals surface area contributed by atoms with Crippen LogP contribution in [0.2, 0.25) is 0 Å². The Balaban J connectivity index is 2.11. The number of rotatable bonds is 5.